The molecule has 30 heavy (non-hydrogen) atoms. The Balaban J connectivity index is 0.00000450. The van der Waals surface area contributed by atoms with Crippen LogP contribution in [-0.4, -0.2) is 69.5 Å². The van der Waals surface area contributed by atoms with E-state index in [0.29, 0.717) is 6.54 Å². The molecule has 0 bridgehead atoms. The summed E-state index contributed by atoms with van der Waals surface area (Å²) in [6, 6.07) is 0.0681. The molecule has 0 aliphatic carbocycles. The summed E-state index contributed by atoms with van der Waals surface area (Å²) >= 11 is 0. The maximum Gasteiger partial charge on any atom is 0.410 e. The molecular weight excluding hydrogens is 497 g/mol. The van der Waals surface area contributed by atoms with Crippen LogP contribution < -0.4 is 10.6 Å². The van der Waals surface area contributed by atoms with Crippen LogP contribution in [0, 0.1) is 0 Å². The molecule has 1 saturated heterocycles. The summed E-state index contributed by atoms with van der Waals surface area (Å²) in [4.78, 5) is 19.1. The quantitative estimate of drug-likeness (QED) is 0.317. The van der Waals surface area contributed by atoms with E-state index in [1.807, 2.05) is 37.2 Å². The van der Waals surface area contributed by atoms with Gasteiger partial charge in [-0.25, -0.2) is 4.79 Å². The van der Waals surface area contributed by atoms with E-state index in [1.54, 1.807) is 6.33 Å². The van der Waals surface area contributed by atoms with E-state index in [4.69, 9.17) is 9.73 Å². The van der Waals surface area contributed by atoms with Crippen LogP contribution in [0.15, 0.2) is 11.3 Å². The normalized spacial score (nSPS) is 17.3. The van der Waals surface area contributed by atoms with Gasteiger partial charge < -0.3 is 24.8 Å². The maximum absolute atomic E-state index is 12.6. The van der Waals surface area contributed by atoms with E-state index >= 15 is 0 Å². The van der Waals surface area contributed by atoms with Gasteiger partial charge in [0.15, 0.2) is 5.96 Å². The van der Waals surface area contributed by atoms with Crippen LogP contribution >= 0.6 is 24.0 Å². The molecule has 1 aromatic rings. The number of aryl methyl sites for hydroxylation is 1. The van der Waals surface area contributed by atoms with Crippen LogP contribution in [0.3, 0.4) is 0 Å². The lowest BCUT2D eigenvalue weighted by Gasteiger charge is -2.36. The summed E-state index contributed by atoms with van der Waals surface area (Å²) in [5.41, 5.74) is -0.488. The average molecular weight is 535 g/mol. The summed E-state index contributed by atoms with van der Waals surface area (Å²) in [5, 5.41) is 14.7. The van der Waals surface area contributed by atoms with Crippen molar-refractivity contribution in [3.63, 3.8) is 0 Å². The minimum Gasteiger partial charge on any atom is -0.444 e. The van der Waals surface area contributed by atoms with Gasteiger partial charge in [0.2, 0.25) is 0 Å². The number of rotatable bonds is 7. The molecule has 2 rings (SSSR count). The summed E-state index contributed by atoms with van der Waals surface area (Å²) < 4.78 is 7.63. The molecule has 1 aromatic heterocycles. The number of guanidine groups is 1. The molecule has 1 amide bonds. The number of ether oxygens (including phenoxy) is 1. The molecule has 0 radical (unpaired) electrons. The van der Waals surface area contributed by atoms with Crippen molar-refractivity contribution in [2.45, 2.75) is 78.5 Å². The fourth-order valence-electron chi connectivity index (χ4n) is 3.32. The van der Waals surface area contributed by atoms with Gasteiger partial charge in [-0.05, 0) is 47.0 Å². The van der Waals surface area contributed by atoms with Gasteiger partial charge in [0.25, 0.3) is 0 Å². The van der Waals surface area contributed by atoms with Crippen molar-refractivity contribution >= 4 is 36.0 Å². The van der Waals surface area contributed by atoms with Crippen molar-refractivity contribution in [1.29, 1.82) is 0 Å². The minimum absolute atomic E-state index is 0. The Kier molecular flexibility index (Phi) is 11.4. The molecule has 0 aromatic carbocycles. The van der Waals surface area contributed by atoms with Gasteiger partial charge >= 0.3 is 6.09 Å². The van der Waals surface area contributed by atoms with Crippen LogP contribution in [0.2, 0.25) is 0 Å². The summed E-state index contributed by atoms with van der Waals surface area (Å²) in [5.74, 6) is 1.73. The first-order valence-corrected chi connectivity index (χ1v) is 10.7. The second-order valence-electron chi connectivity index (χ2n) is 8.26. The Morgan fingerprint density at radius 1 is 1.30 bits per heavy atom. The first kappa shape index (κ1) is 26.4. The van der Waals surface area contributed by atoms with Gasteiger partial charge in [0.1, 0.15) is 17.8 Å². The summed E-state index contributed by atoms with van der Waals surface area (Å²) in [6.07, 6.45) is 5.44. The zero-order valence-corrected chi connectivity index (χ0v) is 21.3. The molecule has 1 unspecified atom stereocenters. The third-order valence-electron chi connectivity index (χ3n) is 4.72. The second-order valence-corrected chi connectivity index (χ2v) is 8.26. The highest BCUT2D eigenvalue weighted by Crippen LogP contribution is 2.20. The molecule has 1 fully saturated rings. The molecule has 2 heterocycles. The van der Waals surface area contributed by atoms with E-state index in [2.05, 4.69) is 27.8 Å². The van der Waals surface area contributed by atoms with Gasteiger partial charge in [-0.15, -0.1) is 34.2 Å². The number of aliphatic imine (C=N–C) groups is 1. The van der Waals surface area contributed by atoms with Crippen molar-refractivity contribution < 1.29 is 9.53 Å². The third kappa shape index (κ3) is 8.65. The van der Waals surface area contributed by atoms with Crippen molar-refractivity contribution in [3.05, 3.63) is 12.2 Å². The number of piperidine rings is 1. The first-order chi connectivity index (χ1) is 13.8. The maximum atomic E-state index is 12.6. The smallest absolute Gasteiger partial charge is 0.410 e. The van der Waals surface area contributed by atoms with Gasteiger partial charge in [-0.1, -0.05) is 6.92 Å². The van der Waals surface area contributed by atoms with Gasteiger partial charge in [0.05, 0.1) is 12.6 Å². The molecule has 1 atom stereocenters. The third-order valence-corrected chi connectivity index (χ3v) is 4.72. The number of carbonyl (C=O) groups is 1. The lowest BCUT2D eigenvalue weighted by Crippen LogP contribution is -2.48. The Morgan fingerprint density at radius 2 is 2.07 bits per heavy atom. The van der Waals surface area contributed by atoms with Gasteiger partial charge in [0, 0.05) is 32.6 Å². The number of nitrogens with one attached hydrogen (secondary N) is 2. The molecule has 1 aliphatic heterocycles. The zero-order valence-electron chi connectivity index (χ0n) is 19.0. The summed E-state index contributed by atoms with van der Waals surface area (Å²) in [7, 11) is 0. The van der Waals surface area contributed by atoms with E-state index < -0.39 is 5.60 Å². The molecular formula is C20H38IN7O2. The second kappa shape index (κ2) is 13.0. The number of aromatic nitrogens is 3. The Hall–Kier alpha value is -1.59. The van der Waals surface area contributed by atoms with Crippen LogP contribution in [0.5, 0.6) is 0 Å². The molecule has 10 heteroatoms. The lowest BCUT2D eigenvalue weighted by atomic mass is 10.0. The largest absolute Gasteiger partial charge is 0.444 e. The lowest BCUT2D eigenvalue weighted by molar-refractivity contribution is 0.0110. The molecule has 9 nitrogen and oxygen atoms in total. The van der Waals surface area contributed by atoms with E-state index in [0.717, 1.165) is 63.6 Å². The Labute approximate surface area is 197 Å². The SMILES string of the molecule is CCNC(=NCC1CCCCN1C(=O)OC(C)(C)C)NCCn1cnnc1CC.I. The molecule has 0 spiro atoms. The van der Waals surface area contributed by atoms with Crippen LogP contribution in [0.25, 0.3) is 0 Å². The highest BCUT2D eigenvalue weighted by atomic mass is 127. The standard InChI is InChI=1S/C20H37N7O2.HI/c1-6-17-25-24-15-26(17)13-11-22-18(21-7-2)23-14-16-10-8-9-12-27(16)19(28)29-20(3,4)5;/h15-16H,6-14H2,1-5H3,(H2,21,22,23);1H. The Bertz CT molecular complexity index is 672. The summed E-state index contributed by atoms with van der Waals surface area (Å²) in [6.45, 7) is 13.4. The van der Waals surface area contributed by atoms with Gasteiger partial charge in [-0.2, -0.15) is 0 Å². The predicted molar refractivity (Wildman–Crippen MR) is 129 cm³/mol. The van der Waals surface area contributed by atoms with Crippen molar-refractivity contribution in [1.82, 2.24) is 30.3 Å². The monoisotopic (exact) mass is 535 g/mol. The highest BCUT2D eigenvalue weighted by molar-refractivity contribution is 14.0. The van der Waals surface area contributed by atoms with E-state index in [9.17, 15) is 4.79 Å². The van der Waals surface area contributed by atoms with Crippen LogP contribution in [0.1, 0.15) is 59.7 Å². The number of nitrogens with zero attached hydrogens (tertiary/aromatic N) is 5. The van der Waals surface area contributed by atoms with Crippen molar-refractivity contribution in [2.75, 3.05) is 26.2 Å². The first-order valence-electron chi connectivity index (χ1n) is 10.7. The number of hydrogen-bond acceptors (Lipinski definition) is 5. The highest BCUT2D eigenvalue weighted by Gasteiger charge is 2.30. The predicted octanol–water partition coefficient (Wildman–Crippen LogP) is 2.80. The number of halogens is 1. The fourth-order valence-corrected chi connectivity index (χ4v) is 3.32. The van der Waals surface area contributed by atoms with Crippen LogP contribution in [0.4, 0.5) is 4.79 Å². The molecule has 0 saturated carbocycles. The number of carbonyl (C=O) groups excluding carboxylic acids is 1. The Morgan fingerprint density at radius 3 is 2.73 bits per heavy atom. The minimum atomic E-state index is -0.488. The molecule has 172 valence electrons. The van der Waals surface area contributed by atoms with E-state index in [-0.39, 0.29) is 36.1 Å². The van der Waals surface area contributed by atoms with E-state index in [1.165, 1.54) is 0 Å². The number of hydrogen-bond donors (Lipinski definition) is 2. The number of amides is 1. The average Bonchev–Trinajstić information content (AvgIpc) is 3.12. The van der Waals surface area contributed by atoms with Crippen molar-refractivity contribution in [2.24, 2.45) is 4.99 Å². The topological polar surface area (TPSA) is 96.7 Å². The van der Waals surface area contributed by atoms with Crippen molar-refractivity contribution in [3.8, 4) is 0 Å². The number of likely N-dealkylation sites (tertiary alicyclic amines) is 1. The molecule has 1 aliphatic rings. The van der Waals surface area contributed by atoms with Crippen LogP contribution in [-0.2, 0) is 17.7 Å². The fraction of sp³-hybridized carbons (Fsp3) is 0.800. The molecule has 2 N–H and O–H groups in total. The van der Waals surface area contributed by atoms with Gasteiger partial charge in [-0.3, -0.25) is 4.99 Å². The zero-order chi connectivity index (χ0) is 21.3.